The van der Waals surface area contributed by atoms with Gasteiger partial charge in [0, 0.05) is 12.4 Å². The number of nitrogens with zero attached hydrogens (tertiary/aromatic N) is 1. The van der Waals surface area contributed by atoms with Crippen molar-refractivity contribution in [2.24, 2.45) is 0 Å². The van der Waals surface area contributed by atoms with Gasteiger partial charge in [0.2, 0.25) is 0 Å². The zero-order chi connectivity index (χ0) is 8.10. The summed E-state index contributed by atoms with van der Waals surface area (Å²) in [5.41, 5.74) is 0. The molecule has 3 heteroatoms. The monoisotopic (exact) mass is 213 g/mol. The number of ether oxygens (including phenoxy) is 1. The van der Waals surface area contributed by atoms with Gasteiger partial charge in [-0.15, -0.1) is 0 Å². The third kappa shape index (κ3) is 2.35. The lowest BCUT2D eigenvalue weighted by atomic mass is 10.4. The van der Waals surface area contributed by atoms with Crippen molar-refractivity contribution in [3.05, 3.63) is 35.6 Å². The maximum atomic E-state index is 5.28. The predicted octanol–water partition coefficient (Wildman–Crippen LogP) is 2.41. The molecule has 0 saturated carbocycles. The van der Waals surface area contributed by atoms with Crippen LogP contribution in [0.2, 0.25) is 0 Å². The van der Waals surface area contributed by atoms with E-state index in [9.17, 15) is 0 Å². The summed E-state index contributed by atoms with van der Waals surface area (Å²) in [6.07, 6.45) is 5.08. The molecule has 1 rings (SSSR count). The minimum absolute atomic E-state index is 0.516. The number of rotatable bonds is 3. The van der Waals surface area contributed by atoms with E-state index in [1.54, 1.807) is 24.5 Å². The van der Waals surface area contributed by atoms with Crippen molar-refractivity contribution in [2.75, 3.05) is 6.61 Å². The zero-order valence-corrected chi connectivity index (χ0v) is 7.54. The number of aromatic nitrogens is 1. The quantitative estimate of drug-likeness (QED) is 0.720. The highest BCUT2D eigenvalue weighted by Gasteiger charge is 1.96. The van der Waals surface area contributed by atoms with Crippen LogP contribution in [0.15, 0.2) is 35.6 Å². The van der Waals surface area contributed by atoms with Gasteiger partial charge in [0.05, 0.1) is 4.47 Å². The molecule has 1 heterocycles. The van der Waals surface area contributed by atoms with Gasteiger partial charge in [0.15, 0.2) is 0 Å². The van der Waals surface area contributed by atoms with Crippen molar-refractivity contribution in [1.82, 2.24) is 4.98 Å². The molecule has 2 nitrogen and oxygen atoms in total. The fourth-order valence-corrected chi connectivity index (χ4v) is 0.993. The van der Waals surface area contributed by atoms with Crippen molar-refractivity contribution in [2.45, 2.75) is 0 Å². The van der Waals surface area contributed by atoms with Crippen LogP contribution in [0.1, 0.15) is 0 Å². The second-order valence-electron chi connectivity index (χ2n) is 1.91. The summed E-state index contributed by atoms with van der Waals surface area (Å²) in [4.78, 5) is 3.90. The molecule has 0 amide bonds. The zero-order valence-electron chi connectivity index (χ0n) is 5.96. The van der Waals surface area contributed by atoms with Crippen LogP contribution in [0.5, 0.6) is 5.75 Å². The van der Waals surface area contributed by atoms with Crippen molar-refractivity contribution in [3.8, 4) is 5.75 Å². The highest BCUT2D eigenvalue weighted by Crippen LogP contribution is 2.22. The van der Waals surface area contributed by atoms with E-state index in [-0.39, 0.29) is 0 Å². The molecule has 0 saturated heterocycles. The molecule has 0 aliphatic rings. The Labute approximate surface area is 74.0 Å². The lowest BCUT2D eigenvalue weighted by Crippen LogP contribution is -1.93. The summed E-state index contributed by atoms with van der Waals surface area (Å²) in [7, 11) is 0. The molecule has 1 aromatic heterocycles. The Morgan fingerprint density at radius 1 is 1.73 bits per heavy atom. The molecule has 0 spiro atoms. The first-order chi connectivity index (χ1) is 5.34. The van der Waals surface area contributed by atoms with Crippen molar-refractivity contribution in [1.29, 1.82) is 0 Å². The third-order valence-corrected chi connectivity index (χ3v) is 1.69. The van der Waals surface area contributed by atoms with E-state index in [1.807, 2.05) is 0 Å². The first-order valence-corrected chi connectivity index (χ1v) is 3.97. The standard InChI is InChI=1S/C8H8BrNO/c1-2-5-11-8-3-4-10-6-7(8)9/h2-4,6H,1,5H2. The fourth-order valence-electron chi connectivity index (χ4n) is 0.628. The lowest BCUT2D eigenvalue weighted by Gasteiger charge is -2.03. The van der Waals surface area contributed by atoms with Crippen molar-refractivity contribution < 1.29 is 4.74 Å². The van der Waals surface area contributed by atoms with Gasteiger partial charge in [0.25, 0.3) is 0 Å². The molecular weight excluding hydrogens is 206 g/mol. The van der Waals surface area contributed by atoms with Crippen LogP contribution in [0.25, 0.3) is 0 Å². The molecule has 0 fully saturated rings. The number of pyridine rings is 1. The van der Waals surface area contributed by atoms with E-state index >= 15 is 0 Å². The summed E-state index contributed by atoms with van der Waals surface area (Å²) < 4.78 is 6.14. The van der Waals surface area contributed by atoms with Crippen LogP contribution in [0.4, 0.5) is 0 Å². The van der Waals surface area contributed by atoms with Gasteiger partial charge in [0.1, 0.15) is 12.4 Å². The van der Waals surface area contributed by atoms with Gasteiger partial charge in [-0.3, -0.25) is 4.98 Å². The molecule has 0 aliphatic carbocycles. The first kappa shape index (κ1) is 8.27. The normalized spacial score (nSPS) is 9.18. The summed E-state index contributed by atoms with van der Waals surface area (Å²) in [5, 5.41) is 0. The second kappa shape index (κ2) is 4.13. The van der Waals surface area contributed by atoms with Crippen LogP contribution in [0.3, 0.4) is 0 Å². The van der Waals surface area contributed by atoms with E-state index in [0.717, 1.165) is 10.2 Å². The average molecular weight is 214 g/mol. The molecule has 1 aromatic rings. The Kier molecular flexibility index (Phi) is 3.11. The number of hydrogen-bond acceptors (Lipinski definition) is 2. The van der Waals surface area contributed by atoms with Gasteiger partial charge >= 0.3 is 0 Å². The molecule has 58 valence electrons. The SMILES string of the molecule is C=CCOc1ccncc1Br. The molecule has 0 radical (unpaired) electrons. The Hall–Kier alpha value is -0.830. The van der Waals surface area contributed by atoms with Crippen LogP contribution in [0, 0.1) is 0 Å². The van der Waals surface area contributed by atoms with Crippen LogP contribution < -0.4 is 4.74 Å². The van der Waals surface area contributed by atoms with E-state index in [0.29, 0.717) is 6.61 Å². The van der Waals surface area contributed by atoms with Gasteiger partial charge in [-0.05, 0) is 22.0 Å². The smallest absolute Gasteiger partial charge is 0.137 e. The summed E-state index contributed by atoms with van der Waals surface area (Å²) >= 11 is 3.30. The predicted molar refractivity (Wildman–Crippen MR) is 47.6 cm³/mol. The molecule has 0 atom stereocenters. The van der Waals surface area contributed by atoms with Crippen LogP contribution in [-0.2, 0) is 0 Å². The Morgan fingerprint density at radius 3 is 3.18 bits per heavy atom. The van der Waals surface area contributed by atoms with Gasteiger partial charge in [-0.1, -0.05) is 12.7 Å². The van der Waals surface area contributed by atoms with Gasteiger partial charge in [-0.2, -0.15) is 0 Å². The highest BCUT2D eigenvalue weighted by molar-refractivity contribution is 9.10. The van der Waals surface area contributed by atoms with E-state index in [4.69, 9.17) is 4.74 Å². The Morgan fingerprint density at radius 2 is 2.55 bits per heavy atom. The molecule has 0 N–H and O–H groups in total. The van der Waals surface area contributed by atoms with Crippen LogP contribution in [-0.4, -0.2) is 11.6 Å². The van der Waals surface area contributed by atoms with Gasteiger partial charge in [-0.25, -0.2) is 0 Å². The summed E-state index contributed by atoms with van der Waals surface area (Å²) in [5.74, 6) is 0.792. The summed E-state index contributed by atoms with van der Waals surface area (Å²) in [6.45, 7) is 4.07. The number of hydrogen-bond donors (Lipinski definition) is 0. The molecular formula is C8H8BrNO. The van der Waals surface area contributed by atoms with Crippen molar-refractivity contribution >= 4 is 15.9 Å². The first-order valence-electron chi connectivity index (χ1n) is 3.18. The minimum atomic E-state index is 0.516. The Bertz CT molecular complexity index is 250. The minimum Gasteiger partial charge on any atom is -0.488 e. The van der Waals surface area contributed by atoms with E-state index < -0.39 is 0 Å². The maximum Gasteiger partial charge on any atom is 0.137 e. The lowest BCUT2D eigenvalue weighted by molar-refractivity contribution is 0.360. The third-order valence-electron chi connectivity index (χ3n) is 1.09. The Balaban J connectivity index is 2.69. The molecule has 0 unspecified atom stereocenters. The molecule has 0 aliphatic heterocycles. The van der Waals surface area contributed by atoms with Crippen molar-refractivity contribution in [3.63, 3.8) is 0 Å². The second-order valence-corrected chi connectivity index (χ2v) is 2.76. The molecule has 11 heavy (non-hydrogen) atoms. The van der Waals surface area contributed by atoms with E-state index in [2.05, 4.69) is 27.5 Å². The average Bonchev–Trinajstić information content (AvgIpc) is 2.03. The molecule has 0 aromatic carbocycles. The fraction of sp³-hybridized carbons (Fsp3) is 0.125. The van der Waals surface area contributed by atoms with Gasteiger partial charge < -0.3 is 4.74 Å². The van der Waals surface area contributed by atoms with Crippen LogP contribution >= 0.6 is 15.9 Å². The topological polar surface area (TPSA) is 22.1 Å². The maximum absolute atomic E-state index is 5.28. The molecule has 0 bridgehead atoms. The largest absolute Gasteiger partial charge is 0.488 e. The number of halogens is 1. The summed E-state index contributed by atoms with van der Waals surface area (Å²) in [6, 6.07) is 1.80. The highest BCUT2D eigenvalue weighted by atomic mass is 79.9. The van der Waals surface area contributed by atoms with E-state index in [1.165, 1.54) is 0 Å².